The first kappa shape index (κ1) is 18.5. The highest BCUT2D eigenvalue weighted by Crippen LogP contribution is 2.22. The van der Waals surface area contributed by atoms with E-state index in [0.717, 1.165) is 42.9 Å². The van der Waals surface area contributed by atoms with Crippen LogP contribution < -0.4 is 10.5 Å². The van der Waals surface area contributed by atoms with Crippen molar-refractivity contribution in [2.24, 2.45) is 5.73 Å². The van der Waals surface area contributed by atoms with Gasteiger partial charge in [-0.05, 0) is 75.5 Å². The summed E-state index contributed by atoms with van der Waals surface area (Å²) in [6, 6.07) is 12.7. The van der Waals surface area contributed by atoms with Crippen LogP contribution in [0.1, 0.15) is 35.4 Å². The van der Waals surface area contributed by atoms with E-state index >= 15 is 0 Å². The third kappa shape index (κ3) is 4.25. The summed E-state index contributed by atoms with van der Waals surface area (Å²) >= 11 is 0. The average molecular weight is 351 g/mol. The second-order valence-electron chi connectivity index (χ2n) is 7.01. The molecule has 3 rings (SSSR count). The van der Waals surface area contributed by atoms with E-state index in [1.165, 1.54) is 22.2 Å². The molecule has 2 N–H and O–H groups in total. The van der Waals surface area contributed by atoms with Gasteiger partial charge in [0.05, 0.1) is 17.6 Å². The summed E-state index contributed by atoms with van der Waals surface area (Å²) in [5, 5.41) is 0. The molecule has 26 heavy (non-hydrogen) atoms. The maximum Gasteiger partial charge on any atom is 0.119 e. The van der Waals surface area contributed by atoms with Crippen LogP contribution in [-0.2, 0) is 13.0 Å². The number of imidazole rings is 1. The van der Waals surface area contributed by atoms with Gasteiger partial charge < -0.3 is 15.0 Å². The molecule has 0 spiro atoms. The van der Waals surface area contributed by atoms with E-state index in [0.29, 0.717) is 13.2 Å². The van der Waals surface area contributed by atoms with Crippen molar-refractivity contribution in [2.45, 2.75) is 46.6 Å². The largest absolute Gasteiger partial charge is 0.494 e. The summed E-state index contributed by atoms with van der Waals surface area (Å²) in [4.78, 5) is 4.87. The molecule has 0 radical (unpaired) electrons. The highest BCUT2D eigenvalue weighted by Gasteiger charge is 2.11. The molecule has 0 saturated carbocycles. The van der Waals surface area contributed by atoms with Crippen molar-refractivity contribution < 1.29 is 4.74 Å². The summed E-state index contributed by atoms with van der Waals surface area (Å²) in [6.07, 6.45) is 2.82. The summed E-state index contributed by atoms with van der Waals surface area (Å²) in [6.45, 7) is 8.68. The number of hydrogen-bond donors (Lipinski definition) is 1. The van der Waals surface area contributed by atoms with E-state index in [9.17, 15) is 0 Å². The Morgan fingerprint density at radius 1 is 1.00 bits per heavy atom. The normalized spacial score (nSPS) is 11.2. The highest BCUT2D eigenvalue weighted by atomic mass is 16.5. The first-order valence-electron chi connectivity index (χ1n) is 9.44. The van der Waals surface area contributed by atoms with Crippen LogP contribution in [0.4, 0.5) is 0 Å². The number of rotatable bonds is 8. The van der Waals surface area contributed by atoms with Gasteiger partial charge in [-0.15, -0.1) is 0 Å². The van der Waals surface area contributed by atoms with Crippen molar-refractivity contribution in [2.75, 3.05) is 13.2 Å². The van der Waals surface area contributed by atoms with Crippen molar-refractivity contribution in [3.8, 4) is 5.75 Å². The summed E-state index contributed by atoms with van der Waals surface area (Å²) < 4.78 is 8.22. The Balaban J connectivity index is 1.72. The Morgan fingerprint density at radius 3 is 2.46 bits per heavy atom. The molecule has 0 atom stereocenters. The van der Waals surface area contributed by atoms with Crippen LogP contribution in [0.15, 0.2) is 36.4 Å². The Bertz CT molecular complexity index is 865. The third-order valence-electron chi connectivity index (χ3n) is 4.86. The molecule has 0 bridgehead atoms. The molecule has 4 heteroatoms. The number of nitrogens with zero attached hydrogens (tertiary/aromatic N) is 2. The van der Waals surface area contributed by atoms with Crippen molar-refractivity contribution in [3.63, 3.8) is 0 Å². The average Bonchev–Trinajstić information content (AvgIpc) is 2.95. The van der Waals surface area contributed by atoms with Crippen molar-refractivity contribution in [1.29, 1.82) is 0 Å². The number of fused-ring (bicyclic) bond motifs is 1. The van der Waals surface area contributed by atoms with Crippen LogP contribution in [0.25, 0.3) is 11.0 Å². The van der Waals surface area contributed by atoms with Crippen LogP contribution in [0.2, 0.25) is 0 Å². The third-order valence-corrected chi connectivity index (χ3v) is 4.86. The topological polar surface area (TPSA) is 53.1 Å². The van der Waals surface area contributed by atoms with Gasteiger partial charge >= 0.3 is 0 Å². The molecule has 3 aromatic rings. The molecule has 4 nitrogen and oxygen atoms in total. The Hall–Kier alpha value is -2.33. The van der Waals surface area contributed by atoms with Crippen molar-refractivity contribution in [3.05, 3.63) is 58.9 Å². The lowest BCUT2D eigenvalue weighted by Gasteiger charge is -2.11. The van der Waals surface area contributed by atoms with Gasteiger partial charge in [-0.3, -0.25) is 0 Å². The number of ether oxygens (including phenoxy) is 1. The predicted octanol–water partition coefficient (Wildman–Crippen LogP) is 4.32. The molecular weight excluding hydrogens is 322 g/mol. The fourth-order valence-electron chi connectivity index (χ4n) is 3.18. The van der Waals surface area contributed by atoms with Gasteiger partial charge in [-0.2, -0.15) is 0 Å². The molecule has 0 amide bonds. The van der Waals surface area contributed by atoms with Crippen LogP contribution in [-0.4, -0.2) is 22.7 Å². The minimum absolute atomic E-state index is 0.692. The summed E-state index contributed by atoms with van der Waals surface area (Å²) in [7, 11) is 0. The maximum absolute atomic E-state index is 5.88. The van der Waals surface area contributed by atoms with Gasteiger partial charge in [0, 0.05) is 13.0 Å². The fourth-order valence-corrected chi connectivity index (χ4v) is 3.18. The Kier molecular flexibility index (Phi) is 5.94. The quantitative estimate of drug-likeness (QED) is 0.615. The van der Waals surface area contributed by atoms with Crippen LogP contribution in [0.5, 0.6) is 5.75 Å². The minimum Gasteiger partial charge on any atom is -0.494 e. The Morgan fingerprint density at radius 2 is 1.73 bits per heavy atom. The van der Waals surface area contributed by atoms with Gasteiger partial charge in [0.25, 0.3) is 0 Å². The van der Waals surface area contributed by atoms with E-state index in [4.69, 9.17) is 15.5 Å². The van der Waals surface area contributed by atoms with E-state index < -0.39 is 0 Å². The maximum atomic E-state index is 5.88. The summed E-state index contributed by atoms with van der Waals surface area (Å²) in [5.41, 5.74) is 11.8. The lowest BCUT2D eigenvalue weighted by molar-refractivity contribution is 0.301. The predicted molar refractivity (Wildman–Crippen MR) is 108 cm³/mol. The molecule has 0 fully saturated rings. The number of hydrogen-bond acceptors (Lipinski definition) is 3. The summed E-state index contributed by atoms with van der Waals surface area (Å²) in [5.74, 6) is 2.06. The van der Waals surface area contributed by atoms with E-state index in [1.807, 2.05) is 12.1 Å². The number of aromatic nitrogens is 2. The second kappa shape index (κ2) is 8.37. The highest BCUT2D eigenvalue weighted by molar-refractivity contribution is 5.78. The number of nitrogens with two attached hydrogens (primary N) is 1. The van der Waals surface area contributed by atoms with Crippen LogP contribution >= 0.6 is 0 Å². The van der Waals surface area contributed by atoms with Gasteiger partial charge in [0.1, 0.15) is 11.6 Å². The smallest absolute Gasteiger partial charge is 0.119 e. The van der Waals surface area contributed by atoms with E-state index in [-0.39, 0.29) is 0 Å². The lowest BCUT2D eigenvalue weighted by Crippen LogP contribution is -2.10. The van der Waals surface area contributed by atoms with Crippen LogP contribution in [0, 0.1) is 20.8 Å². The molecule has 2 aromatic carbocycles. The number of aryl methyl sites for hydroxylation is 5. The minimum atomic E-state index is 0.692. The first-order chi connectivity index (χ1) is 12.6. The van der Waals surface area contributed by atoms with E-state index in [2.05, 4.69) is 49.6 Å². The lowest BCUT2D eigenvalue weighted by atomic mass is 10.1. The molecule has 0 aliphatic rings. The van der Waals surface area contributed by atoms with Crippen molar-refractivity contribution in [1.82, 2.24) is 9.55 Å². The fraction of sp³-hybridized carbons (Fsp3) is 0.409. The van der Waals surface area contributed by atoms with Gasteiger partial charge in [0.2, 0.25) is 0 Å². The molecular formula is C22H29N3O. The molecule has 1 aromatic heterocycles. The molecule has 138 valence electrons. The second-order valence-corrected chi connectivity index (χ2v) is 7.01. The standard InChI is InChI=1S/C22H29N3O/c1-16-7-9-19(10-8-16)26-13-5-12-25-21-15-18(3)17(2)14-20(21)24-22(25)6-4-11-23/h7-10,14-15H,4-6,11-13,23H2,1-3H3. The molecule has 1 heterocycles. The van der Waals surface area contributed by atoms with Crippen molar-refractivity contribution >= 4 is 11.0 Å². The zero-order chi connectivity index (χ0) is 18.5. The molecule has 0 aliphatic carbocycles. The number of benzene rings is 2. The van der Waals surface area contributed by atoms with Gasteiger partial charge in [0.15, 0.2) is 0 Å². The molecule has 0 aliphatic heterocycles. The van der Waals surface area contributed by atoms with Gasteiger partial charge in [-0.1, -0.05) is 17.7 Å². The molecule has 0 unspecified atom stereocenters. The Labute approximate surface area is 156 Å². The SMILES string of the molecule is Cc1ccc(OCCCn2c(CCCN)nc3cc(C)c(C)cc32)cc1. The van der Waals surface area contributed by atoms with Gasteiger partial charge in [-0.25, -0.2) is 4.98 Å². The monoisotopic (exact) mass is 351 g/mol. The zero-order valence-electron chi connectivity index (χ0n) is 16.1. The zero-order valence-corrected chi connectivity index (χ0v) is 16.1. The van der Waals surface area contributed by atoms with Crippen LogP contribution in [0.3, 0.4) is 0 Å². The van der Waals surface area contributed by atoms with E-state index in [1.54, 1.807) is 0 Å². The first-order valence-corrected chi connectivity index (χ1v) is 9.44. The molecule has 0 saturated heterocycles.